The van der Waals surface area contributed by atoms with Gasteiger partial charge in [-0.2, -0.15) is 0 Å². The summed E-state index contributed by atoms with van der Waals surface area (Å²) in [6.07, 6.45) is -0.319. The second kappa shape index (κ2) is 10.4. The second-order valence-corrected chi connectivity index (χ2v) is 6.61. The van der Waals surface area contributed by atoms with Crippen molar-refractivity contribution in [2.24, 2.45) is 5.92 Å². The minimum atomic E-state index is -0.897. The van der Waals surface area contributed by atoms with Gasteiger partial charge in [-0.05, 0) is 41.8 Å². The van der Waals surface area contributed by atoms with Gasteiger partial charge in [0, 0.05) is 11.8 Å². The first-order chi connectivity index (χ1) is 12.5. The van der Waals surface area contributed by atoms with Gasteiger partial charge in [0.15, 0.2) is 11.6 Å². The van der Waals surface area contributed by atoms with Gasteiger partial charge in [0.2, 0.25) is 0 Å². The molecule has 0 radical (unpaired) electrons. The molecule has 2 atom stereocenters. The van der Waals surface area contributed by atoms with Crippen LogP contribution in [0.5, 0.6) is 11.5 Å². The maximum atomic E-state index is 14.2. The highest BCUT2D eigenvalue weighted by molar-refractivity contribution is 6.18. The third-order valence-corrected chi connectivity index (χ3v) is 4.29. The van der Waals surface area contributed by atoms with Crippen LogP contribution in [-0.4, -0.2) is 42.0 Å². The van der Waals surface area contributed by atoms with E-state index in [0.29, 0.717) is 24.7 Å². The Balaban J connectivity index is 1.92. The van der Waals surface area contributed by atoms with Crippen LogP contribution in [0.3, 0.4) is 0 Å². The standard InChI is InChI=1S/C20H24ClFO4/c1-14(10-21)12-26-20-7-4-16(9-19(20)22)8-15-2-5-18(6-3-15)25-13-17(24)11-23/h2-7,9,14,17,23-24H,8,10-13H2,1H3/t14-,17+/m1/s1. The predicted molar refractivity (Wildman–Crippen MR) is 99.6 cm³/mol. The van der Waals surface area contributed by atoms with Crippen LogP contribution in [0, 0.1) is 11.7 Å². The van der Waals surface area contributed by atoms with Crippen molar-refractivity contribution in [2.45, 2.75) is 19.4 Å². The first kappa shape index (κ1) is 20.5. The van der Waals surface area contributed by atoms with Crippen LogP contribution >= 0.6 is 11.6 Å². The van der Waals surface area contributed by atoms with Crippen molar-refractivity contribution in [3.63, 3.8) is 0 Å². The number of alkyl halides is 1. The van der Waals surface area contributed by atoms with Crippen LogP contribution in [0.4, 0.5) is 4.39 Å². The normalized spacial score (nSPS) is 13.3. The number of ether oxygens (including phenoxy) is 2. The molecule has 142 valence electrons. The average molecular weight is 383 g/mol. The Labute approximate surface area is 158 Å². The molecular weight excluding hydrogens is 359 g/mol. The number of hydrogen-bond acceptors (Lipinski definition) is 4. The van der Waals surface area contributed by atoms with Gasteiger partial charge in [-0.25, -0.2) is 4.39 Å². The molecule has 0 amide bonds. The van der Waals surface area contributed by atoms with Crippen LogP contribution in [0.25, 0.3) is 0 Å². The lowest BCUT2D eigenvalue weighted by molar-refractivity contribution is 0.0536. The zero-order valence-corrected chi connectivity index (χ0v) is 15.5. The summed E-state index contributed by atoms with van der Waals surface area (Å²) in [6.45, 7) is 2.02. The van der Waals surface area contributed by atoms with Gasteiger partial charge in [-0.15, -0.1) is 11.6 Å². The zero-order valence-electron chi connectivity index (χ0n) is 14.7. The zero-order chi connectivity index (χ0) is 18.9. The summed E-state index contributed by atoms with van der Waals surface area (Å²) in [5, 5.41) is 18.0. The highest BCUT2D eigenvalue weighted by atomic mass is 35.5. The molecule has 0 aromatic heterocycles. The fourth-order valence-corrected chi connectivity index (χ4v) is 2.32. The number of aliphatic hydroxyl groups is 2. The molecule has 0 aliphatic heterocycles. The predicted octanol–water partition coefficient (Wildman–Crippen LogP) is 3.40. The fraction of sp³-hybridized carbons (Fsp3) is 0.400. The van der Waals surface area contributed by atoms with Gasteiger partial charge in [-0.3, -0.25) is 0 Å². The van der Waals surface area contributed by atoms with Crippen LogP contribution in [-0.2, 0) is 6.42 Å². The minimum absolute atomic E-state index is 0.0326. The lowest BCUT2D eigenvalue weighted by Crippen LogP contribution is -2.21. The number of rotatable bonds is 10. The van der Waals surface area contributed by atoms with Gasteiger partial charge < -0.3 is 19.7 Å². The van der Waals surface area contributed by atoms with Gasteiger partial charge in [0.1, 0.15) is 18.5 Å². The first-order valence-electron chi connectivity index (χ1n) is 8.49. The van der Waals surface area contributed by atoms with Crippen LogP contribution in [0.1, 0.15) is 18.1 Å². The quantitative estimate of drug-likeness (QED) is 0.618. The van der Waals surface area contributed by atoms with E-state index in [1.807, 2.05) is 25.1 Å². The summed E-state index contributed by atoms with van der Waals surface area (Å²) in [4.78, 5) is 0. The van der Waals surface area contributed by atoms with E-state index >= 15 is 0 Å². The molecule has 4 nitrogen and oxygen atoms in total. The van der Waals surface area contributed by atoms with E-state index in [2.05, 4.69) is 0 Å². The largest absolute Gasteiger partial charge is 0.491 e. The molecule has 0 aliphatic rings. The molecule has 2 aromatic rings. The monoisotopic (exact) mass is 382 g/mol. The molecule has 0 heterocycles. The van der Waals surface area contributed by atoms with Crippen LogP contribution in [0.15, 0.2) is 42.5 Å². The highest BCUT2D eigenvalue weighted by Crippen LogP contribution is 2.22. The summed E-state index contributed by atoms with van der Waals surface area (Å²) in [5.41, 5.74) is 1.84. The van der Waals surface area contributed by atoms with E-state index in [9.17, 15) is 9.50 Å². The van der Waals surface area contributed by atoms with Crippen molar-refractivity contribution in [1.82, 2.24) is 0 Å². The van der Waals surface area contributed by atoms with E-state index in [1.165, 1.54) is 6.07 Å². The van der Waals surface area contributed by atoms with Crippen molar-refractivity contribution in [3.05, 3.63) is 59.4 Å². The van der Waals surface area contributed by atoms with Crippen molar-refractivity contribution >= 4 is 11.6 Å². The fourth-order valence-electron chi connectivity index (χ4n) is 2.23. The van der Waals surface area contributed by atoms with Crippen molar-refractivity contribution in [3.8, 4) is 11.5 Å². The number of benzene rings is 2. The summed E-state index contributed by atoms with van der Waals surface area (Å²) in [6, 6.07) is 12.3. The van der Waals surface area contributed by atoms with E-state index in [-0.39, 0.29) is 30.7 Å². The number of aliphatic hydroxyl groups excluding tert-OH is 2. The number of halogens is 2. The molecule has 2 rings (SSSR count). The van der Waals surface area contributed by atoms with E-state index in [0.717, 1.165) is 11.1 Å². The summed E-state index contributed by atoms with van der Waals surface area (Å²) in [5.74, 6) is 1.08. The Morgan fingerprint density at radius 3 is 2.35 bits per heavy atom. The van der Waals surface area contributed by atoms with Crippen molar-refractivity contribution < 1.29 is 24.1 Å². The first-order valence-corrected chi connectivity index (χ1v) is 9.03. The van der Waals surface area contributed by atoms with E-state index in [1.54, 1.807) is 18.2 Å². The number of hydrogen-bond donors (Lipinski definition) is 2. The van der Waals surface area contributed by atoms with Crippen LogP contribution < -0.4 is 9.47 Å². The Hall–Kier alpha value is -1.82. The van der Waals surface area contributed by atoms with Gasteiger partial charge in [0.25, 0.3) is 0 Å². The van der Waals surface area contributed by atoms with Crippen LogP contribution in [0.2, 0.25) is 0 Å². The van der Waals surface area contributed by atoms with Gasteiger partial charge >= 0.3 is 0 Å². The maximum absolute atomic E-state index is 14.2. The summed E-state index contributed by atoms with van der Waals surface area (Å²) < 4.78 is 25.0. The van der Waals surface area contributed by atoms with Gasteiger partial charge in [0.05, 0.1) is 13.2 Å². The molecule has 0 saturated heterocycles. The van der Waals surface area contributed by atoms with Crippen molar-refractivity contribution in [1.29, 1.82) is 0 Å². The lowest BCUT2D eigenvalue weighted by Gasteiger charge is -2.12. The SMILES string of the molecule is C[C@H](CCl)COc1ccc(Cc2ccc(OC[C@@H](O)CO)cc2)cc1F. The Bertz CT molecular complexity index is 678. The molecule has 2 aromatic carbocycles. The molecule has 26 heavy (non-hydrogen) atoms. The molecular formula is C20H24ClFO4. The molecule has 2 N–H and O–H groups in total. The molecule has 0 unspecified atom stereocenters. The second-order valence-electron chi connectivity index (χ2n) is 6.30. The Morgan fingerprint density at radius 2 is 1.73 bits per heavy atom. The topological polar surface area (TPSA) is 58.9 Å². The van der Waals surface area contributed by atoms with Gasteiger partial charge in [-0.1, -0.05) is 25.1 Å². The lowest BCUT2D eigenvalue weighted by atomic mass is 10.0. The molecule has 0 saturated carbocycles. The third-order valence-electron chi connectivity index (χ3n) is 3.77. The molecule has 6 heteroatoms. The third kappa shape index (κ3) is 6.48. The van der Waals surface area contributed by atoms with Crippen molar-refractivity contribution in [2.75, 3.05) is 25.7 Å². The maximum Gasteiger partial charge on any atom is 0.165 e. The summed E-state index contributed by atoms with van der Waals surface area (Å²) >= 11 is 5.72. The Kier molecular flexibility index (Phi) is 8.16. The summed E-state index contributed by atoms with van der Waals surface area (Å²) in [7, 11) is 0. The molecule has 0 bridgehead atoms. The average Bonchev–Trinajstić information content (AvgIpc) is 2.66. The highest BCUT2D eigenvalue weighted by Gasteiger charge is 2.08. The molecule has 0 aliphatic carbocycles. The smallest absolute Gasteiger partial charge is 0.165 e. The Morgan fingerprint density at radius 1 is 1.04 bits per heavy atom. The van der Waals surface area contributed by atoms with E-state index < -0.39 is 6.10 Å². The minimum Gasteiger partial charge on any atom is -0.491 e. The molecule has 0 fully saturated rings. The molecule has 0 spiro atoms. The van der Waals surface area contributed by atoms with E-state index in [4.69, 9.17) is 26.2 Å².